The highest BCUT2D eigenvalue weighted by Gasteiger charge is 2.38. The van der Waals surface area contributed by atoms with E-state index in [0.29, 0.717) is 23.8 Å². The zero-order chi connectivity index (χ0) is 22.5. The fourth-order valence-corrected chi connectivity index (χ4v) is 4.71. The standard InChI is InChI=1S/C22H30FN5O2S/c1-13(2)30-17-11-15(23)7-8-16(17)27-20-18-14(3)19(31-22(18)26-12-25-20)21(29)24-9-6-10-28(4)5/h7-8,11-14,19H,6,9-10H2,1-5H3,(H,24,29)(H,25,26,27). The maximum absolute atomic E-state index is 13.7. The summed E-state index contributed by atoms with van der Waals surface area (Å²) in [5.74, 6) is 0.575. The Kier molecular flexibility index (Phi) is 7.72. The Balaban J connectivity index is 1.76. The summed E-state index contributed by atoms with van der Waals surface area (Å²) in [4.78, 5) is 23.7. The number of benzene rings is 1. The Morgan fingerprint density at radius 3 is 2.81 bits per heavy atom. The Hall–Kier alpha value is -2.39. The lowest BCUT2D eigenvalue weighted by Crippen LogP contribution is -2.35. The summed E-state index contributed by atoms with van der Waals surface area (Å²) < 4.78 is 19.5. The maximum atomic E-state index is 13.7. The fraction of sp³-hybridized carbons (Fsp3) is 0.500. The molecule has 2 unspecified atom stereocenters. The number of nitrogens with zero attached hydrogens (tertiary/aromatic N) is 3. The van der Waals surface area contributed by atoms with Crippen LogP contribution in [-0.2, 0) is 4.79 Å². The molecule has 7 nitrogen and oxygen atoms in total. The third kappa shape index (κ3) is 5.86. The van der Waals surface area contributed by atoms with Crippen LogP contribution in [0.5, 0.6) is 5.75 Å². The number of aromatic nitrogens is 2. The normalized spacial score (nSPS) is 17.7. The lowest BCUT2D eigenvalue weighted by molar-refractivity contribution is -0.120. The van der Waals surface area contributed by atoms with Crippen LogP contribution in [0.25, 0.3) is 0 Å². The number of carbonyl (C=O) groups is 1. The molecule has 0 spiro atoms. The summed E-state index contributed by atoms with van der Waals surface area (Å²) in [6, 6.07) is 4.36. The number of nitrogens with one attached hydrogen (secondary N) is 2. The highest BCUT2D eigenvalue weighted by molar-refractivity contribution is 8.01. The number of anilines is 2. The van der Waals surface area contributed by atoms with Crippen LogP contribution >= 0.6 is 11.8 Å². The number of carbonyl (C=O) groups excluding carboxylic acids is 1. The van der Waals surface area contributed by atoms with Crippen LogP contribution in [-0.4, -0.2) is 59.3 Å². The van der Waals surface area contributed by atoms with Gasteiger partial charge in [-0.15, -0.1) is 0 Å². The number of rotatable bonds is 9. The van der Waals surface area contributed by atoms with Gasteiger partial charge in [0.1, 0.15) is 28.7 Å². The van der Waals surface area contributed by atoms with Gasteiger partial charge in [0.15, 0.2) is 0 Å². The van der Waals surface area contributed by atoms with Crippen molar-refractivity contribution < 1.29 is 13.9 Å². The van der Waals surface area contributed by atoms with Gasteiger partial charge < -0.3 is 20.3 Å². The van der Waals surface area contributed by atoms with Crippen molar-refractivity contribution in [3.05, 3.63) is 35.9 Å². The van der Waals surface area contributed by atoms with Crippen molar-refractivity contribution in [1.29, 1.82) is 0 Å². The molecule has 2 aromatic rings. The smallest absolute Gasteiger partial charge is 0.234 e. The van der Waals surface area contributed by atoms with Gasteiger partial charge >= 0.3 is 0 Å². The molecule has 1 aromatic carbocycles. The van der Waals surface area contributed by atoms with E-state index in [1.165, 1.54) is 30.2 Å². The molecule has 2 atom stereocenters. The van der Waals surface area contributed by atoms with E-state index in [0.717, 1.165) is 23.6 Å². The number of amides is 1. The minimum absolute atomic E-state index is 0.00539. The van der Waals surface area contributed by atoms with Crippen LogP contribution in [0.4, 0.5) is 15.9 Å². The summed E-state index contributed by atoms with van der Waals surface area (Å²) in [7, 11) is 4.03. The Bertz CT molecular complexity index is 925. The molecule has 0 fully saturated rings. The highest BCUT2D eigenvalue weighted by Crippen LogP contribution is 2.47. The van der Waals surface area contributed by atoms with Crippen molar-refractivity contribution in [1.82, 2.24) is 20.2 Å². The third-order valence-electron chi connectivity index (χ3n) is 4.89. The molecule has 2 heterocycles. The van der Waals surface area contributed by atoms with Crippen LogP contribution < -0.4 is 15.4 Å². The molecule has 0 bridgehead atoms. The first kappa shape index (κ1) is 23.3. The predicted octanol–water partition coefficient (Wildman–Crippen LogP) is 3.79. The van der Waals surface area contributed by atoms with E-state index in [1.807, 2.05) is 34.9 Å². The Morgan fingerprint density at radius 1 is 1.32 bits per heavy atom. The summed E-state index contributed by atoms with van der Waals surface area (Å²) in [6.07, 6.45) is 2.27. The van der Waals surface area contributed by atoms with Crippen LogP contribution in [0.15, 0.2) is 29.6 Å². The molecule has 0 radical (unpaired) electrons. The predicted molar refractivity (Wildman–Crippen MR) is 122 cm³/mol. The molecule has 3 rings (SSSR count). The summed E-state index contributed by atoms with van der Waals surface area (Å²) in [5.41, 5.74) is 1.51. The lowest BCUT2D eigenvalue weighted by atomic mass is 9.99. The van der Waals surface area contributed by atoms with Gasteiger partial charge in [-0.3, -0.25) is 4.79 Å². The second-order valence-corrected chi connectivity index (χ2v) is 9.28. The average Bonchev–Trinajstić information content (AvgIpc) is 3.04. The van der Waals surface area contributed by atoms with E-state index in [1.54, 1.807) is 6.07 Å². The number of hydrogen-bond donors (Lipinski definition) is 2. The molecule has 0 saturated carbocycles. The minimum Gasteiger partial charge on any atom is -0.489 e. The second kappa shape index (κ2) is 10.3. The van der Waals surface area contributed by atoms with Gasteiger partial charge in [-0.2, -0.15) is 0 Å². The second-order valence-electron chi connectivity index (χ2n) is 8.15. The topological polar surface area (TPSA) is 79.4 Å². The third-order valence-corrected chi connectivity index (χ3v) is 6.32. The van der Waals surface area contributed by atoms with Gasteiger partial charge in [0.25, 0.3) is 0 Å². The van der Waals surface area contributed by atoms with E-state index < -0.39 is 0 Å². The van der Waals surface area contributed by atoms with Crippen molar-refractivity contribution in [3.8, 4) is 5.75 Å². The van der Waals surface area contributed by atoms with E-state index >= 15 is 0 Å². The first-order valence-electron chi connectivity index (χ1n) is 10.4. The van der Waals surface area contributed by atoms with Crippen LogP contribution in [0, 0.1) is 5.82 Å². The molecule has 1 aliphatic rings. The van der Waals surface area contributed by atoms with E-state index in [-0.39, 0.29) is 29.0 Å². The zero-order valence-electron chi connectivity index (χ0n) is 18.6. The minimum atomic E-state index is -0.371. The van der Waals surface area contributed by atoms with Gasteiger partial charge in [0.2, 0.25) is 5.91 Å². The van der Waals surface area contributed by atoms with Gasteiger partial charge in [0, 0.05) is 24.1 Å². The first-order chi connectivity index (χ1) is 14.8. The summed E-state index contributed by atoms with van der Waals surface area (Å²) in [5, 5.41) is 6.81. The largest absolute Gasteiger partial charge is 0.489 e. The monoisotopic (exact) mass is 447 g/mol. The number of ether oxygens (including phenoxy) is 1. The van der Waals surface area contributed by atoms with Crippen molar-refractivity contribution in [3.63, 3.8) is 0 Å². The van der Waals surface area contributed by atoms with Crippen LogP contribution in [0.1, 0.15) is 38.7 Å². The molecule has 0 saturated heterocycles. The molecular weight excluding hydrogens is 417 g/mol. The Morgan fingerprint density at radius 2 is 2.10 bits per heavy atom. The molecule has 1 aromatic heterocycles. The molecule has 31 heavy (non-hydrogen) atoms. The lowest BCUT2D eigenvalue weighted by Gasteiger charge is -2.18. The Labute approximate surface area is 187 Å². The van der Waals surface area contributed by atoms with E-state index in [2.05, 4.69) is 25.5 Å². The van der Waals surface area contributed by atoms with Crippen LogP contribution in [0.2, 0.25) is 0 Å². The zero-order valence-corrected chi connectivity index (χ0v) is 19.4. The quantitative estimate of drug-likeness (QED) is 0.447. The molecule has 0 aliphatic carbocycles. The van der Waals surface area contributed by atoms with E-state index in [9.17, 15) is 9.18 Å². The van der Waals surface area contributed by atoms with Gasteiger partial charge in [-0.1, -0.05) is 18.7 Å². The average molecular weight is 448 g/mol. The number of hydrogen-bond acceptors (Lipinski definition) is 7. The number of fused-ring (bicyclic) bond motifs is 1. The molecule has 1 aliphatic heterocycles. The van der Waals surface area contributed by atoms with Gasteiger partial charge in [-0.05, 0) is 53.0 Å². The number of halogens is 1. The molecular formula is C22H30FN5O2S. The van der Waals surface area contributed by atoms with Crippen molar-refractivity contribution in [2.45, 2.75) is 49.5 Å². The van der Waals surface area contributed by atoms with Gasteiger partial charge in [-0.25, -0.2) is 14.4 Å². The summed E-state index contributed by atoms with van der Waals surface area (Å²) >= 11 is 1.45. The molecule has 1 amide bonds. The van der Waals surface area contributed by atoms with Crippen molar-refractivity contribution in [2.75, 3.05) is 32.5 Å². The highest BCUT2D eigenvalue weighted by atomic mass is 32.2. The molecule has 168 valence electrons. The summed E-state index contributed by atoms with van der Waals surface area (Å²) in [6.45, 7) is 7.34. The van der Waals surface area contributed by atoms with Gasteiger partial charge in [0.05, 0.1) is 17.0 Å². The number of thioether (sulfide) groups is 1. The first-order valence-corrected chi connectivity index (χ1v) is 11.3. The van der Waals surface area contributed by atoms with Crippen molar-refractivity contribution >= 4 is 29.2 Å². The fourth-order valence-electron chi connectivity index (χ4n) is 3.42. The molecule has 2 N–H and O–H groups in total. The van der Waals surface area contributed by atoms with E-state index in [4.69, 9.17) is 4.74 Å². The van der Waals surface area contributed by atoms with Crippen molar-refractivity contribution in [2.24, 2.45) is 0 Å². The molecule has 9 heteroatoms. The van der Waals surface area contributed by atoms with Crippen LogP contribution in [0.3, 0.4) is 0 Å². The SMILES string of the molecule is CC(C)Oc1cc(F)ccc1Nc1ncnc2c1C(C)C(C(=O)NCCCN(C)C)S2. The maximum Gasteiger partial charge on any atom is 0.234 e.